The Morgan fingerprint density at radius 2 is 0.889 bits per heavy atom. The Bertz CT molecular complexity index is 1330. The molecule has 0 saturated carbocycles. The summed E-state index contributed by atoms with van der Waals surface area (Å²) in [4.78, 5) is 37.6. The van der Waals surface area contributed by atoms with Crippen LogP contribution in [0.1, 0.15) is 297 Å². The molecule has 0 aromatic heterocycles. The van der Waals surface area contributed by atoms with Crippen LogP contribution in [-0.2, 0) is 27.9 Å². The van der Waals surface area contributed by atoms with Crippen molar-refractivity contribution in [3.8, 4) is 0 Å². The summed E-state index contributed by atoms with van der Waals surface area (Å²) in [7, 11) is 1.50. The number of amides is 1. The van der Waals surface area contributed by atoms with Crippen LogP contribution in [0.5, 0.6) is 0 Å². The average molecular weight is 1040 g/mol. The van der Waals surface area contributed by atoms with Crippen molar-refractivity contribution in [2.45, 2.75) is 309 Å². The molecule has 0 bridgehead atoms. The van der Waals surface area contributed by atoms with Crippen molar-refractivity contribution >= 4 is 19.7 Å². The molecular weight excluding hydrogens is 916 g/mol. The lowest BCUT2D eigenvalue weighted by atomic mass is 10.0. The summed E-state index contributed by atoms with van der Waals surface area (Å²) in [6.45, 7) is 6.93. The first-order chi connectivity index (χ1) is 34.9. The maximum atomic E-state index is 13.5. The lowest BCUT2D eigenvalue weighted by Crippen LogP contribution is -2.47. The van der Waals surface area contributed by atoms with E-state index in [1.807, 2.05) is 33.3 Å². The summed E-state index contributed by atoms with van der Waals surface area (Å²) >= 11 is 0. The zero-order valence-electron chi connectivity index (χ0n) is 48.4. The molecule has 0 spiro atoms. The summed E-state index contributed by atoms with van der Waals surface area (Å²) < 4.78 is 30.6. The Morgan fingerprint density at radius 3 is 1.32 bits per heavy atom. The molecule has 3 atom stereocenters. The first-order valence-electron chi connectivity index (χ1n) is 30.8. The van der Waals surface area contributed by atoms with Gasteiger partial charge in [-0.1, -0.05) is 263 Å². The van der Waals surface area contributed by atoms with E-state index >= 15 is 0 Å². The van der Waals surface area contributed by atoms with Crippen LogP contribution in [0.4, 0.5) is 0 Å². The van der Waals surface area contributed by atoms with Crippen LogP contribution in [0, 0.1) is 0 Å². The largest absolute Gasteiger partial charge is 0.472 e. The number of unbranched alkanes of at least 4 members (excludes halogenated alkanes) is 36. The minimum absolute atomic E-state index is 0.0411. The van der Waals surface area contributed by atoms with Crippen molar-refractivity contribution in [3.63, 3.8) is 0 Å². The molecule has 0 aromatic rings. The van der Waals surface area contributed by atoms with Gasteiger partial charge in [0.1, 0.15) is 19.3 Å². The smallest absolute Gasteiger partial charge is 0.456 e. The number of allylic oxidation sites excluding steroid dienone is 5. The lowest BCUT2D eigenvalue weighted by molar-refractivity contribution is -0.870. The molecule has 72 heavy (non-hydrogen) atoms. The van der Waals surface area contributed by atoms with E-state index < -0.39 is 20.0 Å². The van der Waals surface area contributed by atoms with Crippen LogP contribution in [0.15, 0.2) is 36.5 Å². The molecule has 9 nitrogen and oxygen atoms in total. The minimum Gasteiger partial charge on any atom is -0.456 e. The van der Waals surface area contributed by atoms with Crippen molar-refractivity contribution in [1.82, 2.24) is 5.32 Å². The highest BCUT2D eigenvalue weighted by Crippen LogP contribution is 2.43. The lowest BCUT2D eigenvalue weighted by Gasteiger charge is -2.27. The summed E-state index contributed by atoms with van der Waals surface area (Å²) in [6, 6.07) is -0.846. The molecular formula is C62H120N2O7P+. The van der Waals surface area contributed by atoms with Crippen molar-refractivity contribution in [1.29, 1.82) is 0 Å². The maximum Gasteiger partial charge on any atom is 0.472 e. The predicted octanol–water partition coefficient (Wildman–Crippen LogP) is 18.7. The van der Waals surface area contributed by atoms with Crippen molar-refractivity contribution in [2.75, 3.05) is 40.9 Å². The number of carbonyl (C=O) groups is 2. The molecule has 0 aromatic carbocycles. The van der Waals surface area contributed by atoms with E-state index in [4.69, 9.17) is 13.8 Å². The molecule has 0 heterocycles. The molecule has 0 fully saturated rings. The predicted molar refractivity (Wildman–Crippen MR) is 309 cm³/mol. The zero-order valence-corrected chi connectivity index (χ0v) is 49.3. The molecule has 0 saturated heterocycles. The van der Waals surface area contributed by atoms with Crippen LogP contribution in [0.25, 0.3) is 0 Å². The van der Waals surface area contributed by atoms with Gasteiger partial charge >= 0.3 is 13.8 Å². The van der Waals surface area contributed by atoms with E-state index in [1.165, 1.54) is 180 Å². The number of phosphoric ester groups is 1. The minimum atomic E-state index is -4.44. The van der Waals surface area contributed by atoms with Gasteiger partial charge in [-0.2, -0.15) is 0 Å². The summed E-state index contributed by atoms with van der Waals surface area (Å²) in [5.41, 5.74) is 0. The molecule has 1 amide bonds. The number of rotatable bonds is 56. The molecule has 0 aliphatic heterocycles. The summed E-state index contributed by atoms with van der Waals surface area (Å²) in [6.07, 6.45) is 62.9. The van der Waals surface area contributed by atoms with E-state index in [2.05, 4.69) is 50.4 Å². The number of nitrogens with one attached hydrogen (secondary N) is 1. The van der Waals surface area contributed by atoms with Crippen molar-refractivity contribution < 1.29 is 37.3 Å². The molecule has 0 aliphatic rings. The number of ether oxygens (including phenoxy) is 1. The Hall–Kier alpha value is -1.77. The van der Waals surface area contributed by atoms with Gasteiger partial charge in [0.25, 0.3) is 0 Å². The van der Waals surface area contributed by atoms with Gasteiger partial charge < -0.3 is 19.4 Å². The molecule has 10 heteroatoms. The van der Waals surface area contributed by atoms with Gasteiger partial charge in [-0.15, -0.1) is 0 Å². The van der Waals surface area contributed by atoms with Crippen LogP contribution in [0.2, 0.25) is 0 Å². The highest BCUT2D eigenvalue weighted by atomic mass is 31.2. The number of carbonyl (C=O) groups excluding carboxylic acids is 2. The molecule has 0 rings (SSSR count). The number of nitrogens with zero attached hydrogens (tertiary/aromatic N) is 1. The highest BCUT2D eigenvalue weighted by Gasteiger charge is 2.30. The molecule has 3 unspecified atom stereocenters. The molecule has 0 radical (unpaired) electrons. The van der Waals surface area contributed by atoms with Gasteiger partial charge in [-0.25, -0.2) is 4.57 Å². The summed E-state index contributed by atoms with van der Waals surface area (Å²) in [5, 5.41) is 3.06. The van der Waals surface area contributed by atoms with E-state index in [1.54, 1.807) is 0 Å². The van der Waals surface area contributed by atoms with Gasteiger partial charge in [0.15, 0.2) is 0 Å². The number of quaternary nitrogens is 1. The zero-order chi connectivity index (χ0) is 52.9. The maximum absolute atomic E-state index is 13.5. The fourth-order valence-corrected chi connectivity index (χ4v) is 9.83. The topological polar surface area (TPSA) is 111 Å². The number of hydrogen-bond acceptors (Lipinski definition) is 6. The standard InChI is InChI=1S/C62H119N2O7P/c1-7-10-13-16-19-22-25-27-29-30-31-32-33-34-35-36-39-42-45-48-51-54-61(65)63-59(58-70-72(67,68)69-57-56-64(4,5)6)60(53-50-47-44-41-38-24-21-18-15-12-9-3)71-62(66)55-52-49-46-43-40-37-28-26-23-20-17-14-11-8-2/h11,14,20,23,50,53,59-60H,7-10,12-13,15-19,21-22,24-49,51-52,54-58H2,1-6H3,(H-,63,65,67,68)/p+1/b14-11+,23-20+,53-50+. The van der Waals surface area contributed by atoms with Gasteiger partial charge in [0.2, 0.25) is 5.91 Å². The Kier molecular flexibility index (Phi) is 51.4. The van der Waals surface area contributed by atoms with E-state index in [-0.39, 0.29) is 31.5 Å². The normalized spacial score (nSPS) is 13.9. The average Bonchev–Trinajstić information content (AvgIpc) is 3.34. The van der Waals surface area contributed by atoms with Gasteiger partial charge in [0.05, 0.1) is 33.8 Å². The third-order valence-electron chi connectivity index (χ3n) is 13.8. The first kappa shape index (κ1) is 70.2. The Labute approximate surface area is 446 Å². The monoisotopic (exact) mass is 1040 g/mol. The van der Waals surface area contributed by atoms with E-state index in [9.17, 15) is 19.0 Å². The molecule has 2 N–H and O–H groups in total. The third-order valence-corrected chi connectivity index (χ3v) is 14.8. The molecule has 0 aliphatic carbocycles. The SMILES string of the molecule is CC/C=C/C/C=C/CCCCCCCCCC(=O)OC(/C=C/CCCCCCCCCCC)C(COP(=O)(O)OCC[N+](C)(C)C)NC(=O)CCCCCCCCCCCCCCCCCCCCCCC. The second-order valence-electron chi connectivity index (χ2n) is 22.2. The third kappa shape index (κ3) is 53.1. The Balaban J connectivity index is 5.15. The Morgan fingerprint density at radius 1 is 0.500 bits per heavy atom. The van der Waals surface area contributed by atoms with E-state index in [0.717, 1.165) is 83.5 Å². The first-order valence-corrected chi connectivity index (χ1v) is 32.3. The number of phosphoric acid groups is 1. The van der Waals surface area contributed by atoms with E-state index in [0.29, 0.717) is 17.4 Å². The number of hydrogen-bond donors (Lipinski definition) is 2. The van der Waals surface area contributed by atoms with Crippen LogP contribution in [0.3, 0.4) is 0 Å². The van der Waals surface area contributed by atoms with Crippen LogP contribution in [-0.4, -0.2) is 74.3 Å². The van der Waals surface area contributed by atoms with Crippen molar-refractivity contribution in [2.24, 2.45) is 0 Å². The van der Waals surface area contributed by atoms with Crippen LogP contribution < -0.4 is 5.32 Å². The second-order valence-corrected chi connectivity index (χ2v) is 23.7. The second kappa shape index (κ2) is 52.7. The fourth-order valence-electron chi connectivity index (χ4n) is 9.10. The van der Waals surface area contributed by atoms with Gasteiger partial charge in [-0.3, -0.25) is 18.6 Å². The van der Waals surface area contributed by atoms with Gasteiger partial charge in [-0.05, 0) is 57.4 Å². The van der Waals surface area contributed by atoms with Crippen LogP contribution >= 0.6 is 7.82 Å². The summed E-state index contributed by atoms with van der Waals surface area (Å²) in [5.74, 6) is -0.503. The van der Waals surface area contributed by atoms with Gasteiger partial charge in [0, 0.05) is 12.8 Å². The quantitative estimate of drug-likeness (QED) is 0.0205. The van der Waals surface area contributed by atoms with Crippen molar-refractivity contribution in [3.05, 3.63) is 36.5 Å². The fraction of sp³-hybridized carbons (Fsp3) is 0.871. The number of esters is 1. The molecule has 424 valence electrons. The number of likely N-dealkylation sites (N-methyl/N-ethyl adjacent to an activating group) is 1. The highest BCUT2D eigenvalue weighted by molar-refractivity contribution is 7.47.